The summed E-state index contributed by atoms with van der Waals surface area (Å²) in [5.74, 6) is 0.776. The second-order valence-corrected chi connectivity index (χ2v) is 5.72. The van der Waals surface area contributed by atoms with Crippen LogP contribution in [0.4, 0.5) is 10.2 Å². The molecule has 1 aromatic heterocycles. The normalized spacial score (nSPS) is 15.2. The molecule has 24 heavy (non-hydrogen) atoms. The minimum absolute atomic E-state index is 0.00600. The number of nitrogens with one attached hydrogen (secondary N) is 1. The molecule has 1 fully saturated rings. The van der Waals surface area contributed by atoms with Crippen LogP contribution in [-0.4, -0.2) is 42.0 Å². The van der Waals surface area contributed by atoms with Crippen molar-refractivity contribution in [3.8, 4) is 5.75 Å². The van der Waals surface area contributed by atoms with E-state index in [-0.39, 0.29) is 17.8 Å². The number of hydrogen-bond acceptors (Lipinski definition) is 4. The maximum atomic E-state index is 13.2. The number of benzene rings is 1. The first-order chi connectivity index (χ1) is 11.7. The van der Waals surface area contributed by atoms with E-state index in [1.165, 1.54) is 12.1 Å². The van der Waals surface area contributed by atoms with Crippen molar-refractivity contribution in [2.75, 3.05) is 25.5 Å². The molecule has 1 saturated heterocycles. The Labute approximate surface area is 140 Å². The number of pyridine rings is 1. The maximum absolute atomic E-state index is 13.2. The number of aromatic nitrogens is 1. The summed E-state index contributed by atoms with van der Waals surface area (Å²) in [6, 6.07) is 9.68. The van der Waals surface area contributed by atoms with Crippen molar-refractivity contribution in [1.82, 2.24) is 9.88 Å². The van der Waals surface area contributed by atoms with Crippen molar-refractivity contribution in [3.05, 3.63) is 54.0 Å². The van der Waals surface area contributed by atoms with Crippen molar-refractivity contribution >= 4 is 11.7 Å². The van der Waals surface area contributed by atoms with Gasteiger partial charge in [-0.25, -0.2) is 9.37 Å². The summed E-state index contributed by atoms with van der Waals surface area (Å²) < 4.78 is 19.0. The monoisotopic (exact) mass is 329 g/mol. The molecule has 0 atom stereocenters. The lowest BCUT2D eigenvalue weighted by Gasteiger charge is -2.32. The van der Waals surface area contributed by atoms with Gasteiger partial charge in [0.1, 0.15) is 23.5 Å². The Hall–Kier alpha value is -2.63. The van der Waals surface area contributed by atoms with Gasteiger partial charge in [0.15, 0.2) is 0 Å². The minimum atomic E-state index is -0.309. The molecule has 2 aromatic rings. The summed E-state index contributed by atoms with van der Waals surface area (Å²) in [5, 5.41) is 2.94. The van der Waals surface area contributed by atoms with Crippen LogP contribution in [0.2, 0.25) is 0 Å². The highest BCUT2D eigenvalue weighted by molar-refractivity contribution is 5.98. The van der Waals surface area contributed by atoms with Crippen molar-refractivity contribution < 1.29 is 13.9 Å². The second-order valence-electron chi connectivity index (χ2n) is 5.72. The van der Waals surface area contributed by atoms with E-state index in [4.69, 9.17) is 4.74 Å². The van der Waals surface area contributed by atoms with Crippen LogP contribution in [0.25, 0.3) is 0 Å². The van der Waals surface area contributed by atoms with Crippen LogP contribution >= 0.6 is 0 Å². The number of carbonyl (C=O) groups excluding carboxylic acids is 1. The maximum Gasteiger partial charge on any atom is 0.257 e. The summed E-state index contributed by atoms with van der Waals surface area (Å²) in [6.45, 7) is 1.22. The Morgan fingerprint density at radius 3 is 2.79 bits per heavy atom. The molecule has 126 valence electrons. The van der Waals surface area contributed by atoms with E-state index in [1.54, 1.807) is 37.5 Å². The number of ether oxygens (including phenoxy) is 1. The Kier molecular flexibility index (Phi) is 4.93. The molecule has 0 bridgehead atoms. The van der Waals surface area contributed by atoms with Crippen LogP contribution in [0.5, 0.6) is 5.75 Å². The van der Waals surface area contributed by atoms with Gasteiger partial charge >= 0.3 is 0 Å². The zero-order valence-corrected chi connectivity index (χ0v) is 13.5. The van der Waals surface area contributed by atoms with Crippen LogP contribution in [0.3, 0.4) is 0 Å². The molecule has 1 amide bonds. The van der Waals surface area contributed by atoms with Gasteiger partial charge in [-0.05, 0) is 24.3 Å². The van der Waals surface area contributed by atoms with Crippen LogP contribution in [0.1, 0.15) is 23.2 Å². The first-order valence-electron chi connectivity index (χ1n) is 8.01. The molecule has 2 heterocycles. The third-order valence-corrected chi connectivity index (χ3v) is 4.10. The third kappa shape index (κ3) is 3.64. The average molecular weight is 329 g/mol. The molecule has 1 aromatic carbocycles. The molecule has 3 rings (SSSR count). The Balaban J connectivity index is 1.59. The fourth-order valence-electron chi connectivity index (χ4n) is 2.86. The minimum Gasteiger partial charge on any atom is -0.490 e. The molecule has 0 aliphatic carbocycles. The lowest BCUT2D eigenvalue weighted by Crippen LogP contribution is -2.42. The topological polar surface area (TPSA) is 54.5 Å². The Morgan fingerprint density at radius 1 is 1.29 bits per heavy atom. The van der Waals surface area contributed by atoms with Crippen LogP contribution in [0.15, 0.2) is 42.6 Å². The molecule has 0 saturated carbocycles. The SMILES string of the molecule is CNc1ncccc1C(=O)N1CCC(Oc2cccc(F)c2)CC1. The zero-order chi connectivity index (χ0) is 16.9. The van der Waals surface area contributed by atoms with Gasteiger partial charge < -0.3 is 15.0 Å². The van der Waals surface area contributed by atoms with Gasteiger partial charge in [-0.1, -0.05) is 6.07 Å². The third-order valence-electron chi connectivity index (χ3n) is 4.10. The first-order valence-corrected chi connectivity index (χ1v) is 8.01. The van der Waals surface area contributed by atoms with Crippen molar-refractivity contribution in [2.45, 2.75) is 18.9 Å². The molecule has 6 heteroatoms. The van der Waals surface area contributed by atoms with Crippen LogP contribution in [-0.2, 0) is 0 Å². The lowest BCUT2D eigenvalue weighted by molar-refractivity contribution is 0.0596. The van der Waals surface area contributed by atoms with Gasteiger partial charge in [0, 0.05) is 45.2 Å². The van der Waals surface area contributed by atoms with E-state index in [1.807, 2.05) is 4.90 Å². The number of likely N-dealkylation sites (tertiary alicyclic amines) is 1. The van der Waals surface area contributed by atoms with E-state index in [9.17, 15) is 9.18 Å². The second kappa shape index (κ2) is 7.29. The molecule has 0 radical (unpaired) electrons. The quantitative estimate of drug-likeness (QED) is 0.937. The number of carbonyl (C=O) groups is 1. The van der Waals surface area contributed by atoms with E-state index in [0.717, 1.165) is 12.8 Å². The van der Waals surface area contributed by atoms with Crippen LogP contribution in [0, 0.1) is 5.82 Å². The summed E-state index contributed by atoms with van der Waals surface area (Å²) in [7, 11) is 1.75. The lowest BCUT2D eigenvalue weighted by atomic mass is 10.1. The standard InChI is InChI=1S/C18H20FN3O2/c1-20-17-16(6-3-9-21-17)18(23)22-10-7-14(8-11-22)24-15-5-2-4-13(19)12-15/h2-6,9,12,14H,7-8,10-11H2,1H3,(H,20,21). The van der Waals surface area contributed by atoms with Gasteiger partial charge in [-0.15, -0.1) is 0 Å². The number of halogens is 1. The number of amides is 1. The van der Waals surface area contributed by atoms with E-state index < -0.39 is 0 Å². The van der Waals surface area contributed by atoms with Crippen molar-refractivity contribution in [2.24, 2.45) is 0 Å². The Morgan fingerprint density at radius 2 is 2.08 bits per heavy atom. The molecular weight excluding hydrogens is 309 g/mol. The fraction of sp³-hybridized carbons (Fsp3) is 0.333. The predicted molar refractivity (Wildman–Crippen MR) is 89.7 cm³/mol. The number of hydrogen-bond donors (Lipinski definition) is 1. The number of anilines is 1. The van der Waals surface area contributed by atoms with Crippen molar-refractivity contribution in [1.29, 1.82) is 0 Å². The molecule has 1 N–H and O–H groups in total. The van der Waals surface area contributed by atoms with E-state index in [2.05, 4.69) is 10.3 Å². The summed E-state index contributed by atoms with van der Waals surface area (Å²) in [4.78, 5) is 18.6. The van der Waals surface area contributed by atoms with Gasteiger partial charge in [0.2, 0.25) is 0 Å². The van der Waals surface area contributed by atoms with Gasteiger partial charge in [0.25, 0.3) is 5.91 Å². The van der Waals surface area contributed by atoms with E-state index >= 15 is 0 Å². The molecule has 1 aliphatic heterocycles. The van der Waals surface area contributed by atoms with Gasteiger partial charge in [0.05, 0.1) is 5.56 Å². The average Bonchev–Trinajstić information content (AvgIpc) is 2.62. The number of nitrogens with zero attached hydrogens (tertiary/aromatic N) is 2. The summed E-state index contributed by atoms with van der Waals surface area (Å²) >= 11 is 0. The highest BCUT2D eigenvalue weighted by atomic mass is 19.1. The largest absolute Gasteiger partial charge is 0.490 e. The zero-order valence-electron chi connectivity index (χ0n) is 13.5. The predicted octanol–water partition coefficient (Wildman–Crippen LogP) is 2.95. The highest BCUT2D eigenvalue weighted by Gasteiger charge is 2.26. The van der Waals surface area contributed by atoms with Gasteiger partial charge in [-0.3, -0.25) is 4.79 Å². The molecule has 0 unspecified atom stereocenters. The molecular formula is C18H20FN3O2. The fourth-order valence-corrected chi connectivity index (χ4v) is 2.86. The number of piperidine rings is 1. The number of rotatable bonds is 4. The Bertz CT molecular complexity index is 715. The molecule has 5 nitrogen and oxygen atoms in total. The molecule has 0 spiro atoms. The summed E-state index contributed by atoms with van der Waals surface area (Å²) in [6.07, 6.45) is 3.09. The van der Waals surface area contributed by atoms with E-state index in [0.29, 0.717) is 30.2 Å². The molecule has 1 aliphatic rings. The first kappa shape index (κ1) is 16.2. The smallest absolute Gasteiger partial charge is 0.257 e. The van der Waals surface area contributed by atoms with Crippen LogP contribution < -0.4 is 10.1 Å². The summed E-state index contributed by atoms with van der Waals surface area (Å²) in [5.41, 5.74) is 0.574. The van der Waals surface area contributed by atoms with Crippen molar-refractivity contribution in [3.63, 3.8) is 0 Å². The highest BCUT2D eigenvalue weighted by Crippen LogP contribution is 2.22. The van der Waals surface area contributed by atoms with Gasteiger partial charge in [-0.2, -0.15) is 0 Å².